The Morgan fingerprint density at radius 1 is 0.532 bits per heavy atom. The Balaban J connectivity index is 1.58. The van der Waals surface area contributed by atoms with Crippen LogP contribution in [0.2, 0.25) is 12.1 Å². The molecule has 0 saturated heterocycles. The van der Waals surface area contributed by atoms with E-state index in [0.717, 1.165) is 23.0 Å². The normalized spacial score (nSPS) is 16.6. The highest BCUT2D eigenvalue weighted by Crippen LogP contribution is 2.64. The van der Waals surface area contributed by atoms with Gasteiger partial charge in [0.2, 0.25) is 0 Å². The van der Waals surface area contributed by atoms with Crippen LogP contribution in [0.5, 0.6) is 23.0 Å². The molecule has 3 aliphatic rings. The number of benzene rings is 2. The Kier molecular flexibility index (Phi) is 10.2. The van der Waals surface area contributed by atoms with Crippen LogP contribution < -0.4 is 18.9 Å². The Labute approximate surface area is 289 Å². The molecule has 0 fully saturated rings. The van der Waals surface area contributed by atoms with Gasteiger partial charge in [0, 0.05) is 10.8 Å². The molecule has 4 aromatic rings. The summed E-state index contributed by atoms with van der Waals surface area (Å²) in [6.45, 7) is 7.00. The van der Waals surface area contributed by atoms with Crippen LogP contribution in [0.1, 0.15) is 86.1 Å². The van der Waals surface area contributed by atoms with E-state index in [1.807, 2.05) is 22.7 Å². The fourth-order valence-corrected chi connectivity index (χ4v) is 16.8. The van der Waals surface area contributed by atoms with Crippen molar-refractivity contribution in [1.29, 1.82) is 0 Å². The van der Waals surface area contributed by atoms with E-state index in [9.17, 15) is 0 Å². The summed E-state index contributed by atoms with van der Waals surface area (Å²) in [4.78, 5) is 2.56. The van der Waals surface area contributed by atoms with Crippen LogP contribution in [0.25, 0.3) is 21.5 Å². The zero-order valence-electron chi connectivity index (χ0n) is 27.8. The second-order valence-corrected chi connectivity index (χ2v) is 18.8. The highest BCUT2D eigenvalue weighted by Gasteiger charge is 2.52. The summed E-state index contributed by atoms with van der Waals surface area (Å²) < 4.78 is 25.5. The first-order valence-electron chi connectivity index (χ1n) is 17.6. The molecule has 0 amide bonds. The molecule has 7 rings (SSSR count). The molecule has 0 aliphatic carbocycles. The molecule has 5 heterocycles. The number of unbranched alkanes of at least 4 members (excludes halogenated alkanes) is 6. The van der Waals surface area contributed by atoms with Gasteiger partial charge in [-0.2, -0.15) is 0 Å². The molecule has 246 valence electrons. The topological polar surface area (TPSA) is 36.9 Å². The van der Waals surface area contributed by atoms with Gasteiger partial charge >= 0.3 is 0 Å². The van der Waals surface area contributed by atoms with Crippen LogP contribution in [-0.4, -0.2) is 34.5 Å². The average Bonchev–Trinajstić information content (AvgIpc) is 3.82. The minimum Gasteiger partial charge on any atom is -0.485 e. The monoisotopic (exact) mass is 682 g/mol. The second kappa shape index (κ2) is 14.9. The minimum atomic E-state index is -2.50. The predicted molar refractivity (Wildman–Crippen MR) is 201 cm³/mol. The van der Waals surface area contributed by atoms with Crippen LogP contribution in [0.15, 0.2) is 71.4 Å². The summed E-state index contributed by atoms with van der Waals surface area (Å²) in [5.74, 6) is 3.70. The summed E-state index contributed by atoms with van der Waals surface area (Å²) in [7, 11) is -2.50. The second-order valence-electron chi connectivity index (χ2n) is 12.8. The number of allylic oxidation sites excluding steroid dienone is 2. The Morgan fingerprint density at radius 2 is 0.957 bits per heavy atom. The molecular weight excluding hydrogens is 637 g/mol. The van der Waals surface area contributed by atoms with Crippen LogP contribution in [0.4, 0.5) is 0 Å². The maximum Gasteiger partial charge on any atom is 0.179 e. The molecule has 2 aromatic heterocycles. The summed E-state index contributed by atoms with van der Waals surface area (Å²) >= 11 is 3.65. The molecular formula is C40H46O4S2Si. The molecule has 0 unspecified atom stereocenters. The Bertz CT molecular complexity index is 1590. The summed E-state index contributed by atoms with van der Waals surface area (Å²) in [5.41, 5.74) is 5.30. The van der Waals surface area contributed by atoms with Crippen LogP contribution in [0, 0.1) is 0 Å². The fourth-order valence-electron chi connectivity index (χ4n) is 7.71. The minimum absolute atomic E-state index is 0.585. The zero-order chi connectivity index (χ0) is 32.1. The fraction of sp³-hybridized carbons (Fsp3) is 0.400. The van der Waals surface area contributed by atoms with Gasteiger partial charge in [-0.25, -0.2) is 0 Å². The maximum atomic E-state index is 6.54. The first kappa shape index (κ1) is 32.3. The van der Waals surface area contributed by atoms with Crippen molar-refractivity contribution in [3.05, 3.63) is 92.3 Å². The first-order chi connectivity index (χ1) is 23.3. The van der Waals surface area contributed by atoms with Crippen LogP contribution in [-0.2, 0) is 0 Å². The van der Waals surface area contributed by atoms with Gasteiger partial charge in [0.15, 0.2) is 23.0 Å². The number of ether oxygens (including phenoxy) is 4. The number of thiophene rings is 2. The molecule has 0 radical (unpaired) electrons. The highest BCUT2D eigenvalue weighted by molar-refractivity contribution is 7.24. The quantitative estimate of drug-likeness (QED) is 0.0980. The van der Waals surface area contributed by atoms with Crippen LogP contribution in [0.3, 0.4) is 0 Å². The van der Waals surface area contributed by atoms with E-state index >= 15 is 0 Å². The van der Waals surface area contributed by atoms with Gasteiger partial charge in [0.1, 0.15) is 34.5 Å². The summed E-state index contributed by atoms with van der Waals surface area (Å²) in [6.07, 6.45) is 9.96. The molecule has 0 spiro atoms. The third kappa shape index (κ3) is 6.23. The molecule has 0 bridgehead atoms. The summed E-state index contributed by atoms with van der Waals surface area (Å²) in [5, 5.41) is 7.47. The van der Waals surface area contributed by atoms with E-state index in [1.54, 1.807) is 10.4 Å². The van der Waals surface area contributed by atoms with E-state index in [-0.39, 0.29) is 0 Å². The highest BCUT2D eigenvalue weighted by atomic mass is 32.1. The van der Waals surface area contributed by atoms with Crippen molar-refractivity contribution in [3.8, 4) is 23.0 Å². The van der Waals surface area contributed by atoms with Gasteiger partial charge in [0.25, 0.3) is 0 Å². The number of fused-ring (bicyclic) bond motifs is 2. The SMILES string of the molecule is CCCCCC[Si]1(CCCCCC)C(c2scc3c2OCCO3)=C(c2ccccc2)C(c2ccccc2)=C1c1scc2c1OCCO2. The number of rotatable bonds is 14. The first-order valence-corrected chi connectivity index (χ1v) is 21.8. The Hall–Kier alpha value is -3.26. The average molecular weight is 683 g/mol. The van der Waals surface area contributed by atoms with E-state index in [4.69, 9.17) is 18.9 Å². The van der Waals surface area contributed by atoms with Gasteiger partial charge in [0.05, 0.1) is 9.75 Å². The molecule has 3 aliphatic heterocycles. The standard InChI is InChI=1S/C40H46O4S2Si/c1-3-5-7-15-25-47(26-16-8-6-4-2)39(37-35-31(27-45-37)41-21-23-43-35)33(29-17-11-9-12-18-29)34(30-19-13-10-14-20-30)40(47)38-36-32(28-46-38)42-22-24-44-36/h9-14,17-20,27-28H,3-8,15-16,21-26H2,1-2H3. The van der Waals surface area contributed by atoms with E-state index in [0.29, 0.717) is 26.4 Å². The van der Waals surface area contributed by atoms with Crippen molar-refractivity contribution in [2.24, 2.45) is 0 Å². The van der Waals surface area contributed by atoms with Crippen molar-refractivity contribution in [3.63, 3.8) is 0 Å². The van der Waals surface area contributed by atoms with Crippen molar-refractivity contribution >= 4 is 52.3 Å². The van der Waals surface area contributed by atoms with Gasteiger partial charge in [-0.3, -0.25) is 0 Å². The zero-order valence-corrected chi connectivity index (χ0v) is 30.4. The van der Waals surface area contributed by atoms with Gasteiger partial charge in [-0.05, 0) is 44.8 Å². The molecule has 7 heteroatoms. The van der Waals surface area contributed by atoms with Crippen molar-refractivity contribution in [2.75, 3.05) is 26.4 Å². The number of hydrogen-bond donors (Lipinski definition) is 0. The maximum absolute atomic E-state index is 6.54. The molecule has 0 atom stereocenters. The third-order valence-corrected chi connectivity index (χ3v) is 17.4. The number of hydrogen-bond acceptors (Lipinski definition) is 6. The smallest absolute Gasteiger partial charge is 0.179 e. The largest absolute Gasteiger partial charge is 0.485 e. The van der Waals surface area contributed by atoms with Gasteiger partial charge in [-0.15, -0.1) is 22.7 Å². The van der Waals surface area contributed by atoms with E-state index in [2.05, 4.69) is 85.3 Å². The molecule has 0 N–H and O–H groups in total. The van der Waals surface area contributed by atoms with E-state index < -0.39 is 8.07 Å². The lowest BCUT2D eigenvalue weighted by Gasteiger charge is -2.35. The summed E-state index contributed by atoms with van der Waals surface area (Å²) in [6, 6.07) is 24.7. The lowest BCUT2D eigenvalue weighted by Crippen LogP contribution is -2.37. The predicted octanol–water partition coefficient (Wildman–Crippen LogP) is 11.6. The molecule has 47 heavy (non-hydrogen) atoms. The van der Waals surface area contributed by atoms with E-state index in [1.165, 1.54) is 95.5 Å². The van der Waals surface area contributed by atoms with Crippen molar-refractivity contribution < 1.29 is 18.9 Å². The Morgan fingerprint density at radius 3 is 1.38 bits per heavy atom. The molecule has 0 saturated carbocycles. The molecule has 2 aromatic carbocycles. The lowest BCUT2D eigenvalue weighted by molar-refractivity contribution is 0.173. The van der Waals surface area contributed by atoms with Gasteiger partial charge < -0.3 is 18.9 Å². The van der Waals surface area contributed by atoms with Gasteiger partial charge in [-0.1, -0.05) is 126 Å². The third-order valence-electron chi connectivity index (χ3n) is 9.80. The molecule has 4 nitrogen and oxygen atoms in total. The lowest BCUT2D eigenvalue weighted by atomic mass is 9.91. The van der Waals surface area contributed by atoms with Crippen molar-refractivity contribution in [1.82, 2.24) is 0 Å². The van der Waals surface area contributed by atoms with Crippen molar-refractivity contribution in [2.45, 2.75) is 77.3 Å². The van der Waals surface area contributed by atoms with Crippen LogP contribution >= 0.6 is 22.7 Å².